The topological polar surface area (TPSA) is 88.3 Å². The summed E-state index contributed by atoms with van der Waals surface area (Å²) in [4.78, 5) is 30.7. The van der Waals surface area contributed by atoms with Crippen molar-refractivity contribution in [2.24, 2.45) is 11.3 Å². The third-order valence-electron chi connectivity index (χ3n) is 8.25. The van der Waals surface area contributed by atoms with Crippen LogP contribution in [0.2, 0.25) is 10.0 Å². The van der Waals surface area contributed by atoms with Crippen LogP contribution >= 0.6 is 23.2 Å². The SMILES string of the molecule is CC1(C)CCC(N(CCc2c(Cl)cncc2Cl)C(=O)c2cnn([C@H]3CC[C@H](C(=O)O)CC3)c2C(F)(F)F)CC1. The molecule has 0 saturated heterocycles. The van der Waals surface area contributed by atoms with Crippen LogP contribution in [-0.4, -0.2) is 49.2 Å². The molecule has 2 aliphatic carbocycles. The normalized spacial score (nSPS) is 22.0. The van der Waals surface area contributed by atoms with Gasteiger partial charge in [0.15, 0.2) is 5.69 Å². The van der Waals surface area contributed by atoms with Gasteiger partial charge in [0.25, 0.3) is 5.91 Å². The molecule has 0 aromatic carbocycles. The Bertz CT molecular complexity index is 1180. The monoisotopic (exact) mass is 588 g/mol. The third kappa shape index (κ3) is 6.70. The fourth-order valence-corrected chi connectivity index (χ4v) is 6.41. The number of aliphatic carboxylic acids is 1. The molecule has 12 heteroatoms. The number of carboxylic acids is 1. The van der Waals surface area contributed by atoms with Gasteiger partial charge in [0.05, 0.1) is 33.8 Å². The maximum absolute atomic E-state index is 14.5. The van der Waals surface area contributed by atoms with E-state index in [0.717, 1.165) is 23.7 Å². The predicted octanol–water partition coefficient (Wildman–Crippen LogP) is 7.07. The molecule has 0 spiro atoms. The van der Waals surface area contributed by atoms with Gasteiger partial charge in [0.1, 0.15) is 0 Å². The summed E-state index contributed by atoms with van der Waals surface area (Å²) >= 11 is 12.6. The van der Waals surface area contributed by atoms with Crippen LogP contribution in [0, 0.1) is 11.3 Å². The summed E-state index contributed by atoms with van der Waals surface area (Å²) in [5.41, 5.74) is -0.879. The van der Waals surface area contributed by atoms with Crippen LogP contribution in [0.15, 0.2) is 18.6 Å². The van der Waals surface area contributed by atoms with Crippen LogP contribution in [0.5, 0.6) is 0 Å². The average molecular weight is 589 g/mol. The first-order valence-electron chi connectivity index (χ1n) is 13.2. The zero-order valence-electron chi connectivity index (χ0n) is 22.0. The summed E-state index contributed by atoms with van der Waals surface area (Å²) in [6, 6.07) is -0.863. The van der Waals surface area contributed by atoms with E-state index in [2.05, 4.69) is 23.9 Å². The number of hydrogen-bond donors (Lipinski definition) is 1. The maximum Gasteiger partial charge on any atom is 0.433 e. The summed E-state index contributed by atoms with van der Waals surface area (Å²) in [7, 11) is 0. The molecule has 2 aliphatic rings. The molecule has 0 unspecified atom stereocenters. The van der Waals surface area contributed by atoms with E-state index in [1.54, 1.807) is 0 Å². The highest BCUT2D eigenvalue weighted by atomic mass is 35.5. The molecule has 2 aromatic rings. The lowest BCUT2D eigenvalue weighted by Gasteiger charge is -2.40. The van der Waals surface area contributed by atoms with Gasteiger partial charge in [-0.1, -0.05) is 37.0 Å². The van der Waals surface area contributed by atoms with Crippen LogP contribution in [0.25, 0.3) is 0 Å². The van der Waals surface area contributed by atoms with Crippen molar-refractivity contribution in [1.82, 2.24) is 19.7 Å². The Morgan fingerprint density at radius 3 is 2.18 bits per heavy atom. The summed E-state index contributed by atoms with van der Waals surface area (Å²) in [6.45, 7) is 4.44. The number of alkyl halides is 3. The van der Waals surface area contributed by atoms with Gasteiger partial charge < -0.3 is 10.0 Å². The second-order valence-corrected chi connectivity index (χ2v) is 12.2. The van der Waals surface area contributed by atoms with Gasteiger partial charge in [0.2, 0.25) is 0 Å². The van der Waals surface area contributed by atoms with E-state index in [-0.39, 0.29) is 50.1 Å². The van der Waals surface area contributed by atoms with Crippen molar-refractivity contribution >= 4 is 35.1 Å². The Balaban J connectivity index is 1.65. The summed E-state index contributed by atoms with van der Waals surface area (Å²) in [5.74, 6) is -2.24. The van der Waals surface area contributed by atoms with Crippen molar-refractivity contribution in [3.05, 3.63) is 45.5 Å². The lowest BCUT2D eigenvalue weighted by molar-refractivity contribution is -0.147. The van der Waals surface area contributed by atoms with Gasteiger partial charge in [-0.25, -0.2) is 0 Å². The molecule has 0 bridgehead atoms. The minimum atomic E-state index is -4.82. The van der Waals surface area contributed by atoms with E-state index in [4.69, 9.17) is 23.2 Å². The van der Waals surface area contributed by atoms with Crippen LogP contribution in [-0.2, 0) is 17.4 Å². The highest BCUT2D eigenvalue weighted by Gasteiger charge is 2.44. The number of carbonyl (C=O) groups excluding carboxylic acids is 1. The second-order valence-electron chi connectivity index (χ2n) is 11.4. The maximum atomic E-state index is 14.5. The molecule has 2 heterocycles. The lowest BCUT2D eigenvalue weighted by Crippen LogP contribution is -2.45. The zero-order chi connectivity index (χ0) is 28.5. The highest BCUT2D eigenvalue weighted by Crippen LogP contribution is 2.41. The van der Waals surface area contributed by atoms with Crippen molar-refractivity contribution in [3.63, 3.8) is 0 Å². The van der Waals surface area contributed by atoms with E-state index in [9.17, 15) is 27.9 Å². The number of carbonyl (C=O) groups is 2. The third-order valence-corrected chi connectivity index (χ3v) is 8.90. The Morgan fingerprint density at radius 1 is 1.05 bits per heavy atom. The smallest absolute Gasteiger partial charge is 0.433 e. The van der Waals surface area contributed by atoms with E-state index < -0.39 is 41.3 Å². The summed E-state index contributed by atoms with van der Waals surface area (Å²) in [5, 5.41) is 14.0. The van der Waals surface area contributed by atoms with E-state index in [0.29, 0.717) is 28.5 Å². The number of amides is 1. The molecule has 7 nitrogen and oxygen atoms in total. The minimum absolute atomic E-state index is 0.0970. The Kier molecular flexibility index (Phi) is 8.86. The first-order chi connectivity index (χ1) is 18.3. The van der Waals surface area contributed by atoms with E-state index in [1.807, 2.05) is 0 Å². The highest BCUT2D eigenvalue weighted by molar-refractivity contribution is 6.35. The minimum Gasteiger partial charge on any atom is -0.481 e. The quantitative estimate of drug-likeness (QED) is 0.373. The molecule has 1 N–H and O–H groups in total. The molecule has 0 radical (unpaired) electrons. The van der Waals surface area contributed by atoms with Crippen LogP contribution in [0.4, 0.5) is 13.2 Å². The molecule has 0 aliphatic heterocycles. The number of rotatable bonds is 7. The average Bonchev–Trinajstić information content (AvgIpc) is 3.32. The molecule has 0 atom stereocenters. The van der Waals surface area contributed by atoms with Crippen molar-refractivity contribution in [2.45, 2.75) is 89.9 Å². The Labute approximate surface area is 235 Å². The van der Waals surface area contributed by atoms with E-state index >= 15 is 0 Å². The van der Waals surface area contributed by atoms with Crippen molar-refractivity contribution in [1.29, 1.82) is 0 Å². The van der Waals surface area contributed by atoms with Gasteiger partial charge in [-0.3, -0.25) is 19.3 Å². The molecule has 2 aromatic heterocycles. The van der Waals surface area contributed by atoms with Crippen LogP contribution < -0.4 is 0 Å². The largest absolute Gasteiger partial charge is 0.481 e. The second kappa shape index (κ2) is 11.6. The van der Waals surface area contributed by atoms with Crippen LogP contribution in [0.1, 0.15) is 92.9 Å². The number of carboxylic acid groups (broad SMARTS) is 1. The molecular weight excluding hydrogens is 556 g/mol. The first kappa shape index (κ1) is 29.6. The Hall–Kier alpha value is -2.33. The number of pyridine rings is 1. The van der Waals surface area contributed by atoms with Crippen molar-refractivity contribution < 1.29 is 27.9 Å². The fourth-order valence-electron chi connectivity index (χ4n) is 5.86. The van der Waals surface area contributed by atoms with Crippen LogP contribution in [0.3, 0.4) is 0 Å². The molecule has 4 rings (SSSR count). The molecule has 39 heavy (non-hydrogen) atoms. The number of halogens is 5. The van der Waals surface area contributed by atoms with Gasteiger partial charge in [-0.05, 0) is 68.8 Å². The molecule has 214 valence electrons. The molecular formula is C27H33Cl2F3N4O3. The molecule has 2 saturated carbocycles. The van der Waals surface area contributed by atoms with Gasteiger partial charge >= 0.3 is 12.1 Å². The first-order valence-corrected chi connectivity index (χ1v) is 14.0. The zero-order valence-corrected chi connectivity index (χ0v) is 23.5. The van der Waals surface area contributed by atoms with Gasteiger partial charge in [-0.2, -0.15) is 18.3 Å². The molecule has 2 fully saturated rings. The molecule has 1 amide bonds. The summed E-state index contributed by atoms with van der Waals surface area (Å²) in [6.07, 6.45) is 3.40. The predicted molar refractivity (Wildman–Crippen MR) is 141 cm³/mol. The standard InChI is InChI=1S/C27H33Cl2F3N4O3/c1-26(2)10-7-17(8-11-26)35(12-9-19-21(28)14-33-15-22(19)29)24(37)20-13-34-36(23(20)27(30,31)32)18-5-3-16(4-6-18)25(38)39/h13-18H,3-12H2,1-2H3,(H,38,39)/t16-,18-. The van der Waals surface area contributed by atoms with Gasteiger partial charge in [0, 0.05) is 25.0 Å². The number of aromatic nitrogens is 3. The van der Waals surface area contributed by atoms with Gasteiger partial charge in [-0.15, -0.1) is 0 Å². The fraction of sp³-hybridized carbons (Fsp3) is 0.630. The lowest BCUT2D eigenvalue weighted by atomic mass is 9.75. The Morgan fingerprint density at radius 2 is 1.64 bits per heavy atom. The number of nitrogens with zero attached hydrogens (tertiary/aromatic N) is 4. The number of hydrogen-bond acceptors (Lipinski definition) is 4. The van der Waals surface area contributed by atoms with Crippen molar-refractivity contribution in [2.75, 3.05) is 6.54 Å². The summed E-state index contributed by atoms with van der Waals surface area (Å²) < 4.78 is 44.3. The van der Waals surface area contributed by atoms with Crippen molar-refractivity contribution in [3.8, 4) is 0 Å². The van der Waals surface area contributed by atoms with E-state index in [1.165, 1.54) is 17.3 Å².